The van der Waals surface area contributed by atoms with E-state index in [0.717, 1.165) is 6.07 Å². The summed E-state index contributed by atoms with van der Waals surface area (Å²) in [6, 6.07) is 2.33. The van der Waals surface area contributed by atoms with Crippen LogP contribution in [0.25, 0.3) is 22.6 Å². The first-order valence-corrected chi connectivity index (χ1v) is 9.20. The molecule has 0 fully saturated rings. The number of nitrogens with two attached hydrogens (primary N) is 3. The molecule has 166 valence electrons. The third kappa shape index (κ3) is 4.17. The third-order valence-electron chi connectivity index (χ3n) is 4.73. The second-order valence-corrected chi connectivity index (χ2v) is 7.02. The van der Waals surface area contributed by atoms with E-state index in [2.05, 4.69) is 4.98 Å². The van der Waals surface area contributed by atoms with Gasteiger partial charge in [-0.25, -0.2) is 4.98 Å². The van der Waals surface area contributed by atoms with Gasteiger partial charge in [0.2, 0.25) is 5.43 Å². The Balaban J connectivity index is 2.22. The molecule has 1 heterocycles. The summed E-state index contributed by atoms with van der Waals surface area (Å²) in [5.41, 5.74) is 14.9. The maximum Gasteiger partial charge on any atom is 0.320 e. The summed E-state index contributed by atoms with van der Waals surface area (Å²) in [5, 5.41) is 17.9. The van der Waals surface area contributed by atoms with Gasteiger partial charge in [-0.05, 0) is 12.1 Å². The molecule has 2 aliphatic rings. The molecule has 32 heavy (non-hydrogen) atoms. The number of Topliss-reactive ketones (excluding diaryl/α,β-unsaturated/α-hetero) is 2. The Bertz CT molecular complexity index is 1300. The molecule has 0 bridgehead atoms. The highest BCUT2D eigenvalue weighted by Gasteiger charge is 2.28. The van der Waals surface area contributed by atoms with E-state index < -0.39 is 59.5 Å². The van der Waals surface area contributed by atoms with Crippen LogP contribution in [0.5, 0.6) is 0 Å². The second kappa shape index (κ2) is 8.53. The lowest BCUT2D eigenvalue weighted by Gasteiger charge is -2.15. The molecule has 8 N–H and O–H groups in total. The molecule has 0 amide bonds. The number of benzene rings is 2. The molecule has 0 spiro atoms. The molecule has 12 heteroatoms. The van der Waals surface area contributed by atoms with Crippen molar-refractivity contribution in [1.82, 2.24) is 4.98 Å². The van der Waals surface area contributed by atoms with E-state index in [1.54, 1.807) is 0 Å². The highest BCUT2D eigenvalue weighted by Crippen LogP contribution is 2.32. The van der Waals surface area contributed by atoms with Gasteiger partial charge in [0.05, 0.1) is 11.3 Å². The average molecular weight is 442 g/mol. The minimum absolute atomic E-state index is 0.0165. The van der Waals surface area contributed by atoms with Crippen molar-refractivity contribution in [3.8, 4) is 11.5 Å². The Labute approximate surface area is 179 Å². The van der Waals surface area contributed by atoms with Crippen molar-refractivity contribution < 1.29 is 33.8 Å². The Morgan fingerprint density at radius 1 is 1.00 bits per heavy atom. The fraction of sp³-hybridized carbons (Fsp3) is 0.200. The summed E-state index contributed by atoms with van der Waals surface area (Å²) >= 11 is 0. The second-order valence-electron chi connectivity index (χ2n) is 7.02. The maximum atomic E-state index is 12.7. The van der Waals surface area contributed by atoms with E-state index in [-0.39, 0.29) is 33.7 Å². The van der Waals surface area contributed by atoms with Crippen molar-refractivity contribution >= 4 is 40.3 Å². The summed E-state index contributed by atoms with van der Waals surface area (Å²) in [6.45, 7) is 0. The van der Waals surface area contributed by atoms with Gasteiger partial charge in [-0.3, -0.25) is 24.0 Å². The number of hydrogen-bond acceptors (Lipinski definition) is 10. The molecule has 1 aromatic rings. The first kappa shape index (κ1) is 22.5. The number of carbonyl (C=O) groups is 4. The number of aliphatic carboxylic acids is 2. The van der Waals surface area contributed by atoms with E-state index in [9.17, 15) is 24.0 Å². The van der Waals surface area contributed by atoms with Crippen LogP contribution in [0.2, 0.25) is 0 Å². The number of ketones is 2. The smallest absolute Gasteiger partial charge is 0.320 e. The van der Waals surface area contributed by atoms with Gasteiger partial charge in [-0.1, -0.05) is 6.07 Å². The minimum atomic E-state index is -1.54. The molecular formula is C20H18N4O8. The van der Waals surface area contributed by atoms with E-state index in [0.29, 0.717) is 0 Å². The molecule has 1 aliphatic carbocycles. The molecule has 0 radical (unpaired) electrons. The van der Waals surface area contributed by atoms with Gasteiger partial charge in [-0.2, -0.15) is 0 Å². The SMILES string of the molecule is Nc1c(C(=O)CC(N)C(=O)O)c2nc3c(C(=O)CC(N)C(=O)O)cccc3oc-2cc1=O. The number of carboxylic acid groups (broad SMARTS) is 2. The summed E-state index contributed by atoms with van der Waals surface area (Å²) in [5.74, 6) is -4.39. The first-order valence-electron chi connectivity index (χ1n) is 9.20. The largest absolute Gasteiger partial charge is 0.480 e. The average Bonchev–Trinajstić information content (AvgIpc) is 2.72. The standard InChI is InChI=1S/C20H18N4O8/c21-8(19(28)29)4-10(25)7-2-1-3-13-17(7)24-18-14(32-13)6-12(27)16(23)15(18)11(26)5-9(22)20(30)31/h1-3,6,8-9H,4-5,21-23H2,(H,28,29)(H,30,31). The van der Waals surface area contributed by atoms with E-state index in [4.69, 9.17) is 31.8 Å². The number of fused-ring (bicyclic) bond motifs is 2. The van der Waals surface area contributed by atoms with Gasteiger partial charge >= 0.3 is 11.9 Å². The topological polar surface area (TPSA) is 230 Å². The summed E-state index contributed by atoms with van der Waals surface area (Å²) in [4.78, 5) is 63.9. The number of carboxylic acids is 2. The zero-order valence-corrected chi connectivity index (χ0v) is 16.4. The van der Waals surface area contributed by atoms with Crippen molar-refractivity contribution in [2.45, 2.75) is 24.9 Å². The number of carbonyl (C=O) groups excluding carboxylic acids is 2. The highest BCUT2D eigenvalue weighted by atomic mass is 16.4. The van der Waals surface area contributed by atoms with E-state index >= 15 is 0 Å². The maximum absolute atomic E-state index is 12.7. The lowest BCUT2D eigenvalue weighted by Crippen LogP contribution is -2.33. The molecule has 0 saturated heterocycles. The first-order chi connectivity index (χ1) is 15.0. The zero-order valence-electron chi connectivity index (χ0n) is 16.4. The lowest BCUT2D eigenvalue weighted by molar-refractivity contribution is -0.139. The van der Waals surface area contributed by atoms with Gasteiger partial charge in [0.15, 0.2) is 22.9 Å². The number of nitrogen functional groups attached to an aromatic ring is 1. The van der Waals surface area contributed by atoms with E-state index in [1.807, 2.05) is 0 Å². The van der Waals surface area contributed by atoms with Gasteiger partial charge in [0, 0.05) is 24.5 Å². The van der Waals surface area contributed by atoms with Crippen molar-refractivity contribution in [2.75, 3.05) is 5.73 Å². The van der Waals surface area contributed by atoms with Crippen LogP contribution in [0.4, 0.5) is 5.69 Å². The highest BCUT2D eigenvalue weighted by molar-refractivity contribution is 6.10. The number of hydrogen-bond donors (Lipinski definition) is 5. The fourth-order valence-corrected chi connectivity index (χ4v) is 3.07. The van der Waals surface area contributed by atoms with Crippen LogP contribution < -0.4 is 22.6 Å². The molecular weight excluding hydrogens is 424 g/mol. The summed E-state index contributed by atoms with van der Waals surface area (Å²) in [6.07, 6.45) is -1.18. The molecule has 2 atom stereocenters. The summed E-state index contributed by atoms with van der Waals surface area (Å²) < 4.78 is 5.65. The number of aromatic nitrogens is 1. The zero-order chi connectivity index (χ0) is 23.7. The van der Waals surface area contributed by atoms with Crippen molar-refractivity contribution in [2.24, 2.45) is 11.5 Å². The molecule has 1 aromatic carbocycles. The van der Waals surface area contributed by atoms with Crippen LogP contribution in [-0.2, 0) is 9.59 Å². The van der Waals surface area contributed by atoms with Crippen LogP contribution >= 0.6 is 0 Å². The molecule has 12 nitrogen and oxygen atoms in total. The van der Waals surface area contributed by atoms with Crippen molar-refractivity contribution in [3.63, 3.8) is 0 Å². The molecule has 3 rings (SSSR count). The minimum Gasteiger partial charge on any atom is -0.480 e. The monoisotopic (exact) mass is 442 g/mol. The Morgan fingerprint density at radius 2 is 1.59 bits per heavy atom. The fourth-order valence-electron chi connectivity index (χ4n) is 3.07. The molecule has 2 unspecified atom stereocenters. The third-order valence-corrected chi connectivity index (χ3v) is 4.73. The summed E-state index contributed by atoms with van der Waals surface area (Å²) in [7, 11) is 0. The van der Waals surface area contributed by atoms with Gasteiger partial charge in [0.25, 0.3) is 0 Å². The number of nitrogens with zero attached hydrogens (tertiary/aromatic N) is 1. The Kier molecular flexibility index (Phi) is 6.00. The molecule has 0 saturated carbocycles. The van der Waals surface area contributed by atoms with Crippen molar-refractivity contribution in [1.29, 1.82) is 0 Å². The van der Waals surface area contributed by atoms with E-state index in [1.165, 1.54) is 18.2 Å². The van der Waals surface area contributed by atoms with Crippen LogP contribution in [0, 0.1) is 0 Å². The van der Waals surface area contributed by atoms with Crippen LogP contribution in [0.1, 0.15) is 33.6 Å². The predicted octanol–water partition coefficient (Wildman–Crippen LogP) is -0.156. The Morgan fingerprint density at radius 3 is 2.19 bits per heavy atom. The number of para-hydroxylation sites is 1. The number of rotatable bonds is 8. The lowest BCUT2D eigenvalue weighted by atomic mass is 9.97. The van der Waals surface area contributed by atoms with Gasteiger partial charge < -0.3 is 31.8 Å². The quantitative estimate of drug-likeness (QED) is 0.174. The van der Waals surface area contributed by atoms with Crippen LogP contribution in [0.15, 0.2) is 33.5 Å². The number of anilines is 1. The predicted molar refractivity (Wildman–Crippen MR) is 110 cm³/mol. The van der Waals surface area contributed by atoms with Gasteiger partial charge in [0.1, 0.15) is 23.3 Å². The Hall–Kier alpha value is -4.16. The van der Waals surface area contributed by atoms with Crippen molar-refractivity contribution in [3.05, 3.63) is 45.6 Å². The molecule has 1 aliphatic heterocycles. The molecule has 0 aromatic heterocycles. The van der Waals surface area contributed by atoms with Crippen LogP contribution in [0.3, 0.4) is 0 Å². The van der Waals surface area contributed by atoms with Gasteiger partial charge in [-0.15, -0.1) is 0 Å². The normalized spacial score (nSPS) is 13.1. The van der Waals surface area contributed by atoms with Crippen LogP contribution in [-0.4, -0.2) is 50.8 Å².